The highest BCUT2D eigenvalue weighted by atomic mass is 32.2. The van der Waals surface area contributed by atoms with E-state index in [1.807, 2.05) is 13.8 Å². The molecule has 15 heteroatoms. The van der Waals surface area contributed by atoms with Gasteiger partial charge in [-0.15, -0.1) is 10.2 Å². The lowest BCUT2D eigenvalue weighted by molar-refractivity contribution is 0.00147. The second-order valence-corrected chi connectivity index (χ2v) is 11.8. The van der Waals surface area contributed by atoms with Crippen LogP contribution in [-0.2, 0) is 14.8 Å². The normalized spacial score (nSPS) is 17.3. The fraction of sp³-hybridized carbons (Fsp3) is 0.370. The summed E-state index contributed by atoms with van der Waals surface area (Å²) in [6, 6.07) is 8.71. The average Bonchev–Trinajstić information content (AvgIpc) is 3.39. The summed E-state index contributed by atoms with van der Waals surface area (Å²) in [5.41, 5.74) is 0.987. The van der Waals surface area contributed by atoms with E-state index in [0.717, 1.165) is 12.4 Å². The highest BCUT2D eigenvalue weighted by Gasteiger charge is 2.38. The summed E-state index contributed by atoms with van der Waals surface area (Å²) in [5.74, 6) is 0.661. The van der Waals surface area contributed by atoms with Gasteiger partial charge >= 0.3 is 0 Å². The molecule has 0 aliphatic carbocycles. The molecule has 1 aliphatic heterocycles. The van der Waals surface area contributed by atoms with Crippen molar-refractivity contribution in [2.75, 3.05) is 36.9 Å². The molecular weight excluding hydrogens is 567 g/mol. The van der Waals surface area contributed by atoms with E-state index in [9.17, 15) is 12.8 Å². The number of anilines is 2. The maximum atomic E-state index is 14.0. The van der Waals surface area contributed by atoms with E-state index in [1.54, 1.807) is 47.6 Å². The number of nitrogens with zero attached hydrogens (tertiary/aromatic N) is 7. The number of hydrogen-bond donors (Lipinski definition) is 1. The van der Waals surface area contributed by atoms with Crippen molar-refractivity contribution in [2.45, 2.75) is 37.7 Å². The summed E-state index contributed by atoms with van der Waals surface area (Å²) in [6.07, 6.45) is 4.89. The lowest BCUT2D eigenvalue weighted by Gasteiger charge is -2.37. The monoisotopic (exact) mass is 598 g/mol. The summed E-state index contributed by atoms with van der Waals surface area (Å²) in [4.78, 5) is 14.0. The number of piperidine rings is 1. The maximum absolute atomic E-state index is 14.0. The zero-order valence-electron chi connectivity index (χ0n) is 23.5. The minimum atomic E-state index is -4.11. The molecule has 1 aliphatic rings. The molecule has 1 N–H and O–H groups in total. The van der Waals surface area contributed by atoms with E-state index >= 15 is 0 Å². The quantitative estimate of drug-likeness (QED) is 0.287. The van der Waals surface area contributed by atoms with Crippen molar-refractivity contribution in [3.8, 4) is 28.6 Å². The average molecular weight is 599 g/mol. The lowest BCUT2D eigenvalue weighted by Crippen LogP contribution is -2.51. The number of sulfonamides is 1. The highest BCUT2D eigenvalue weighted by Crippen LogP contribution is 2.38. The van der Waals surface area contributed by atoms with Crippen LogP contribution in [-0.4, -0.2) is 82.9 Å². The molecule has 42 heavy (non-hydrogen) atoms. The van der Waals surface area contributed by atoms with Gasteiger partial charge in [0.1, 0.15) is 22.4 Å². The molecule has 4 heterocycles. The third kappa shape index (κ3) is 6.11. The molecule has 4 aromatic rings. The van der Waals surface area contributed by atoms with Gasteiger partial charge in [-0.1, -0.05) is 6.07 Å². The Morgan fingerprint density at radius 1 is 1.00 bits per heavy atom. The summed E-state index contributed by atoms with van der Waals surface area (Å²) in [7, 11) is -1.12. The molecule has 1 aromatic carbocycles. The summed E-state index contributed by atoms with van der Waals surface area (Å²) in [5, 5.41) is 7.58. The van der Waals surface area contributed by atoms with E-state index in [1.165, 1.54) is 18.8 Å². The van der Waals surface area contributed by atoms with Crippen LogP contribution >= 0.6 is 0 Å². The zero-order valence-corrected chi connectivity index (χ0v) is 24.3. The molecule has 0 saturated carbocycles. The number of aromatic nitrogens is 6. The smallest absolute Gasteiger partial charge is 0.243 e. The molecule has 1 saturated heterocycles. The van der Waals surface area contributed by atoms with Crippen molar-refractivity contribution >= 4 is 21.9 Å². The Hall–Kier alpha value is -4.37. The van der Waals surface area contributed by atoms with E-state index in [0.29, 0.717) is 35.1 Å². The zero-order chi connectivity index (χ0) is 29.9. The number of nitrogens with one attached hydrogen (secondary N) is 1. The van der Waals surface area contributed by atoms with Crippen LogP contribution in [0.25, 0.3) is 17.1 Å². The number of hydrogen-bond acceptors (Lipinski definition) is 11. The van der Waals surface area contributed by atoms with Gasteiger partial charge in [-0.25, -0.2) is 22.8 Å². The van der Waals surface area contributed by atoms with Gasteiger partial charge in [0.05, 0.1) is 38.8 Å². The van der Waals surface area contributed by atoms with Crippen molar-refractivity contribution in [1.29, 1.82) is 0 Å². The van der Waals surface area contributed by atoms with E-state index in [2.05, 4.69) is 29.9 Å². The number of methoxy groups -OCH3 is 2. The lowest BCUT2D eigenvalue weighted by atomic mass is 10.1. The Labute approximate surface area is 242 Å². The Bertz CT molecular complexity index is 1600. The number of halogens is 1. The summed E-state index contributed by atoms with van der Waals surface area (Å²) >= 11 is 0. The fourth-order valence-corrected chi connectivity index (χ4v) is 6.25. The predicted octanol–water partition coefficient (Wildman–Crippen LogP) is 3.09. The first kappa shape index (κ1) is 29.1. The minimum absolute atomic E-state index is 0.0422. The van der Waals surface area contributed by atoms with Crippen LogP contribution in [0.3, 0.4) is 0 Å². The van der Waals surface area contributed by atoms with Crippen molar-refractivity contribution in [2.24, 2.45) is 0 Å². The third-order valence-electron chi connectivity index (χ3n) is 6.61. The van der Waals surface area contributed by atoms with Gasteiger partial charge in [-0.05, 0) is 44.5 Å². The number of pyridine rings is 1. The van der Waals surface area contributed by atoms with Gasteiger partial charge in [0.25, 0.3) is 0 Å². The van der Waals surface area contributed by atoms with Crippen molar-refractivity contribution < 1.29 is 27.0 Å². The number of para-hydroxylation sites is 1. The fourth-order valence-electron chi connectivity index (χ4n) is 4.86. The van der Waals surface area contributed by atoms with Crippen molar-refractivity contribution in [3.05, 3.63) is 60.9 Å². The van der Waals surface area contributed by atoms with Gasteiger partial charge in [0, 0.05) is 31.0 Å². The van der Waals surface area contributed by atoms with Crippen LogP contribution in [0.1, 0.15) is 20.3 Å². The summed E-state index contributed by atoms with van der Waals surface area (Å²) < 4.78 is 62.9. The van der Waals surface area contributed by atoms with Crippen LogP contribution in [0.4, 0.5) is 16.3 Å². The second kappa shape index (κ2) is 12.2. The highest BCUT2D eigenvalue weighted by molar-refractivity contribution is 7.93. The predicted molar refractivity (Wildman–Crippen MR) is 153 cm³/mol. The van der Waals surface area contributed by atoms with Gasteiger partial charge in [0.2, 0.25) is 21.9 Å². The second-order valence-electron chi connectivity index (χ2n) is 9.85. The first-order valence-corrected chi connectivity index (χ1v) is 14.7. The van der Waals surface area contributed by atoms with Gasteiger partial charge < -0.3 is 19.1 Å². The molecule has 2 atom stereocenters. The van der Waals surface area contributed by atoms with Gasteiger partial charge in [0.15, 0.2) is 11.6 Å². The number of benzene rings is 1. The molecule has 222 valence electrons. The number of rotatable bonds is 10. The Morgan fingerprint density at radius 2 is 1.71 bits per heavy atom. The topological polar surface area (TPSA) is 146 Å². The molecule has 5 rings (SSSR count). The molecule has 0 bridgehead atoms. The van der Waals surface area contributed by atoms with Crippen LogP contribution in [0.5, 0.6) is 11.5 Å². The Kier molecular flexibility index (Phi) is 8.49. The maximum Gasteiger partial charge on any atom is 0.243 e. The molecular formula is C27H31FN8O5S. The van der Waals surface area contributed by atoms with Crippen molar-refractivity contribution in [1.82, 2.24) is 29.7 Å². The SMILES string of the molecule is COc1cccc(OC)c1-n1c(NS(=O)(=O)[C@@H]2C[C@@H](OC(C)C)CN(c3ncc(F)cn3)C2)nnc1-c1cccnc1. The molecule has 0 unspecified atom stereocenters. The van der Waals surface area contributed by atoms with Crippen LogP contribution in [0, 0.1) is 5.82 Å². The minimum Gasteiger partial charge on any atom is -0.494 e. The molecule has 0 spiro atoms. The van der Waals surface area contributed by atoms with Gasteiger partial charge in [-0.2, -0.15) is 0 Å². The van der Waals surface area contributed by atoms with Crippen molar-refractivity contribution in [3.63, 3.8) is 0 Å². The number of ether oxygens (including phenoxy) is 3. The van der Waals surface area contributed by atoms with E-state index in [-0.39, 0.29) is 31.0 Å². The molecule has 13 nitrogen and oxygen atoms in total. The first-order valence-electron chi connectivity index (χ1n) is 13.2. The van der Waals surface area contributed by atoms with E-state index < -0.39 is 27.2 Å². The first-order chi connectivity index (χ1) is 20.2. The standard InChI is InChI=1S/C27H31FN8O5S/c1-17(2)41-20-11-21(16-35(15-20)26-30-13-19(28)14-31-26)42(37,38)34-27-33-32-25(18-7-6-10-29-12-18)36(27)24-22(39-3)8-5-9-23(24)40-4/h5-10,12-14,17,20-21H,11,15-16H2,1-4H3,(H,33,34)/t20-,21-/m1/s1. The van der Waals surface area contributed by atoms with E-state index in [4.69, 9.17) is 14.2 Å². The molecule has 0 amide bonds. The van der Waals surface area contributed by atoms with Crippen LogP contribution in [0.15, 0.2) is 55.1 Å². The van der Waals surface area contributed by atoms with Gasteiger partial charge in [-0.3, -0.25) is 14.3 Å². The van der Waals surface area contributed by atoms with Crippen LogP contribution < -0.4 is 19.1 Å². The Morgan fingerprint density at radius 3 is 2.33 bits per heavy atom. The molecule has 1 fully saturated rings. The third-order valence-corrected chi connectivity index (χ3v) is 8.29. The molecule has 3 aromatic heterocycles. The van der Waals surface area contributed by atoms with Crippen LogP contribution in [0.2, 0.25) is 0 Å². The molecule has 0 radical (unpaired) electrons. The summed E-state index contributed by atoms with van der Waals surface area (Å²) in [6.45, 7) is 4.13. The largest absolute Gasteiger partial charge is 0.494 e. The Balaban J connectivity index is 1.56.